The van der Waals surface area contributed by atoms with Crippen LogP contribution in [0.5, 0.6) is 0 Å². The van der Waals surface area contributed by atoms with Crippen molar-refractivity contribution < 1.29 is 13.7 Å². The molecule has 23 heavy (non-hydrogen) atoms. The number of carbonyl (C=O) groups is 1. The van der Waals surface area contributed by atoms with Crippen molar-refractivity contribution in [2.75, 3.05) is 0 Å². The van der Waals surface area contributed by atoms with Crippen LogP contribution in [0.15, 0.2) is 77.0 Å². The van der Waals surface area contributed by atoms with Crippen molar-refractivity contribution in [1.82, 2.24) is 0 Å². The lowest BCUT2D eigenvalue weighted by molar-refractivity contribution is -0.144. The van der Waals surface area contributed by atoms with Crippen molar-refractivity contribution in [3.05, 3.63) is 77.7 Å². The zero-order chi connectivity index (χ0) is 16.7. The van der Waals surface area contributed by atoms with Crippen LogP contribution in [0.1, 0.15) is 18.9 Å². The summed E-state index contributed by atoms with van der Waals surface area (Å²) in [5, 5.41) is 0. The van der Waals surface area contributed by atoms with Crippen molar-refractivity contribution >= 4 is 16.8 Å². The Labute approximate surface area is 139 Å². The predicted molar refractivity (Wildman–Crippen MR) is 92.3 cm³/mol. The van der Waals surface area contributed by atoms with E-state index in [1.165, 1.54) is 6.92 Å². The summed E-state index contributed by atoms with van der Waals surface area (Å²) in [6.07, 6.45) is 0.721. The van der Waals surface area contributed by atoms with Crippen LogP contribution in [0.2, 0.25) is 0 Å². The van der Waals surface area contributed by atoms with Gasteiger partial charge in [0.05, 0.1) is 15.7 Å². The number of esters is 1. The van der Waals surface area contributed by atoms with Gasteiger partial charge in [0.1, 0.15) is 6.10 Å². The number of ether oxygens (including phenoxy) is 1. The van der Waals surface area contributed by atoms with Crippen LogP contribution in [0, 0.1) is 0 Å². The molecule has 2 rings (SSSR count). The fraction of sp³-hybridized carbons (Fsp3) is 0.211. The van der Waals surface area contributed by atoms with Crippen LogP contribution in [-0.4, -0.2) is 16.3 Å². The molecule has 2 aromatic carbocycles. The van der Waals surface area contributed by atoms with Gasteiger partial charge in [-0.3, -0.25) is 4.79 Å². The number of aryl methyl sites for hydroxylation is 1. The van der Waals surface area contributed by atoms with Crippen LogP contribution >= 0.6 is 0 Å². The Morgan fingerprint density at radius 2 is 1.65 bits per heavy atom. The second-order valence-electron chi connectivity index (χ2n) is 5.17. The Balaban J connectivity index is 2.09. The summed E-state index contributed by atoms with van der Waals surface area (Å²) in [7, 11) is -1.40. The first-order valence-electron chi connectivity index (χ1n) is 7.44. The van der Waals surface area contributed by atoms with E-state index in [1.807, 2.05) is 48.5 Å². The molecule has 0 aromatic heterocycles. The van der Waals surface area contributed by atoms with Gasteiger partial charge < -0.3 is 4.74 Å². The van der Waals surface area contributed by atoms with Crippen LogP contribution in [0.3, 0.4) is 0 Å². The molecule has 0 aliphatic rings. The van der Waals surface area contributed by atoms with E-state index < -0.39 is 22.9 Å². The molecule has 0 spiro atoms. The fourth-order valence-electron chi connectivity index (χ4n) is 2.24. The quantitative estimate of drug-likeness (QED) is 0.725. The molecule has 0 aliphatic heterocycles. The topological polar surface area (TPSA) is 43.4 Å². The van der Waals surface area contributed by atoms with E-state index in [0.717, 1.165) is 12.0 Å². The molecule has 0 saturated heterocycles. The van der Waals surface area contributed by atoms with Crippen molar-refractivity contribution in [3.8, 4) is 0 Å². The maximum absolute atomic E-state index is 12.6. The minimum absolute atomic E-state index is 0.394. The molecule has 0 fully saturated rings. The number of hydrogen-bond acceptors (Lipinski definition) is 3. The zero-order valence-corrected chi connectivity index (χ0v) is 13.9. The molecule has 0 heterocycles. The van der Waals surface area contributed by atoms with Gasteiger partial charge in [0.15, 0.2) is 0 Å². The molecule has 0 aliphatic carbocycles. The highest BCUT2D eigenvalue weighted by Crippen LogP contribution is 2.21. The third-order valence-electron chi connectivity index (χ3n) is 3.40. The van der Waals surface area contributed by atoms with E-state index in [2.05, 4.69) is 6.58 Å². The number of rotatable bonds is 7. The van der Waals surface area contributed by atoms with Gasteiger partial charge in [0, 0.05) is 11.8 Å². The van der Waals surface area contributed by atoms with Crippen molar-refractivity contribution in [2.45, 2.75) is 30.8 Å². The number of carbonyl (C=O) groups excluding carboxylic acids is 1. The van der Waals surface area contributed by atoms with E-state index in [4.69, 9.17) is 4.74 Å². The average molecular weight is 328 g/mol. The molecular weight excluding hydrogens is 308 g/mol. The van der Waals surface area contributed by atoms with E-state index in [-0.39, 0.29) is 0 Å². The fourth-order valence-corrected chi connectivity index (χ4v) is 3.36. The Morgan fingerprint density at radius 3 is 2.22 bits per heavy atom. The Bertz CT molecular complexity index is 680. The molecule has 0 bridgehead atoms. The summed E-state index contributed by atoms with van der Waals surface area (Å²) in [6, 6.07) is 19.0. The minimum Gasteiger partial charge on any atom is -0.457 e. The van der Waals surface area contributed by atoms with Crippen LogP contribution in [0.25, 0.3) is 0 Å². The third kappa shape index (κ3) is 5.18. The smallest absolute Gasteiger partial charge is 0.303 e. The van der Waals surface area contributed by atoms with Crippen molar-refractivity contribution in [3.63, 3.8) is 0 Å². The molecule has 0 radical (unpaired) electrons. The van der Waals surface area contributed by atoms with E-state index in [9.17, 15) is 9.00 Å². The van der Waals surface area contributed by atoms with Gasteiger partial charge in [-0.05, 0) is 30.5 Å². The van der Waals surface area contributed by atoms with Crippen LogP contribution in [-0.2, 0) is 26.8 Å². The summed E-state index contributed by atoms with van der Waals surface area (Å²) in [4.78, 5) is 12.4. The Morgan fingerprint density at radius 1 is 1.09 bits per heavy atom. The van der Waals surface area contributed by atoms with Gasteiger partial charge in [-0.1, -0.05) is 55.1 Å². The monoisotopic (exact) mass is 328 g/mol. The van der Waals surface area contributed by atoms with Gasteiger partial charge in [0.25, 0.3) is 0 Å². The molecule has 4 heteroatoms. The zero-order valence-electron chi connectivity index (χ0n) is 13.1. The summed E-state index contributed by atoms with van der Waals surface area (Å²) in [5.41, 5.74) is 1.14. The second-order valence-corrected chi connectivity index (χ2v) is 6.70. The van der Waals surface area contributed by atoms with Gasteiger partial charge in [0.2, 0.25) is 0 Å². The Hall–Kier alpha value is -2.20. The average Bonchev–Trinajstić information content (AvgIpc) is 2.58. The third-order valence-corrected chi connectivity index (χ3v) is 4.84. The first kappa shape index (κ1) is 17.2. The highest BCUT2D eigenvalue weighted by Gasteiger charge is 2.22. The van der Waals surface area contributed by atoms with Crippen molar-refractivity contribution in [1.29, 1.82) is 0 Å². The maximum atomic E-state index is 12.6. The molecule has 3 nitrogen and oxygen atoms in total. The summed E-state index contributed by atoms with van der Waals surface area (Å²) in [5.74, 6) is -0.394. The molecule has 0 saturated carbocycles. The molecule has 0 N–H and O–H groups in total. The number of hydrogen-bond donors (Lipinski definition) is 0. The highest BCUT2D eigenvalue weighted by atomic mass is 32.2. The summed E-state index contributed by atoms with van der Waals surface area (Å²) in [6.45, 7) is 5.27. The molecule has 2 atom stereocenters. The second kappa shape index (κ2) is 8.44. The molecular formula is C19H20O3S. The lowest BCUT2D eigenvalue weighted by Crippen LogP contribution is -2.22. The van der Waals surface area contributed by atoms with E-state index in [1.54, 1.807) is 12.1 Å². The van der Waals surface area contributed by atoms with E-state index in [0.29, 0.717) is 16.2 Å². The van der Waals surface area contributed by atoms with Crippen LogP contribution in [0.4, 0.5) is 0 Å². The van der Waals surface area contributed by atoms with Crippen molar-refractivity contribution in [2.24, 2.45) is 0 Å². The number of benzene rings is 2. The molecule has 120 valence electrons. The van der Waals surface area contributed by atoms with Gasteiger partial charge in [-0.25, -0.2) is 4.21 Å². The first-order chi connectivity index (χ1) is 11.1. The highest BCUT2D eigenvalue weighted by molar-refractivity contribution is 7.89. The maximum Gasteiger partial charge on any atom is 0.303 e. The van der Waals surface area contributed by atoms with E-state index >= 15 is 0 Å². The predicted octanol–water partition coefficient (Wildman–Crippen LogP) is 3.87. The largest absolute Gasteiger partial charge is 0.457 e. The summed E-state index contributed by atoms with van der Waals surface area (Å²) < 4.78 is 17.9. The standard InChI is InChI=1S/C19H20O3S/c1-15(23(21)18-11-7-4-8-12-18)19(22-16(2)20)14-13-17-9-5-3-6-10-17/h3-12,19H,1,13-14H2,2H3. The summed E-state index contributed by atoms with van der Waals surface area (Å²) >= 11 is 0. The normalized spacial score (nSPS) is 13.1. The lowest BCUT2D eigenvalue weighted by Gasteiger charge is -2.19. The Kier molecular flexibility index (Phi) is 6.29. The molecule has 0 amide bonds. The van der Waals surface area contributed by atoms with Gasteiger partial charge >= 0.3 is 5.97 Å². The molecule has 2 aromatic rings. The van der Waals surface area contributed by atoms with Gasteiger partial charge in [-0.2, -0.15) is 0 Å². The minimum atomic E-state index is -1.40. The van der Waals surface area contributed by atoms with Crippen LogP contribution < -0.4 is 0 Å². The first-order valence-corrected chi connectivity index (χ1v) is 8.59. The SMILES string of the molecule is C=C(C(CCc1ccccc1)OC(C)=O)S(=O)c1ccccc1. The lowest BCUT2D eigenvalue weighted by atomic mass is 10.1. The van der Waals surface area contributed by atoms with Gasteiger partial charge in [-0.15, -0.1) is 0 Å². The molecule has 2 unspecified atom stereocenters.